The van der Waals surface area contributed by atoms with Crippen molar-refractivity contribution in [1.82, 2.24) is 19.6 Å². The Hall–Kier alpha value is -9.38. The van der Waals surface area contributed by atoms with Crippen molar-refractivity contribution in [3.8, 4) is 29.1 Å². The van der Waals surface area contributed by atoms with Gasteiger partial charge in [0.25, 0.3) is 5.69 Å². The number of anilines is 1. The zero-order chi connectivity index (χ0) is 57.9. The number of amides is 3. The second-order valence-corrected chi connectivity index (χ2v) is 21.5. The summed E-state index contributed by atoms with van der Waals surface area (Å²) in [6.07, 6.45) is -2.07. The third-order valence-corrected chi connectivity index (χ3v) is 16.4. The Morgan fingerprint density at radius 2 is 1.44 bits per heavy atom. The predicted molar refractivity (Wildman–Crippen MR) is 308 cm³/mol. The second kappa shape index (κ2) is 23.8. The number of hydrogen-bond donors (Lipinski definition) is 1. The van der Waals surface area contributed by atoms with Crippen LogP contribution in [0.1, 0.15) is 62.7 Å². The molecule has 12 rings (SSSR count). The van der Waals surface area contributed by atoms with Crippen LogP contribution in [-0.4, -0.2) is 119 Å². The van der Waals surface area contributed by atoms with Gasteiger partial charge < -0.3 is 33.7 Å². The van der Waals surface area contributed by atoms with Crippen LogP contribution in [0.15, 0.2) is 176 Å². The van der Waals surface area contributed by atoms with E-state index in [1.54, 1.807) is 47.4 Å². The molecule has 6 atom stereocenters. The molecular formula is C66H60N6O12. The number of nitro benzene ring substituents is 1. The number of benzene rings is 7. The first kappa shape index (κ1) is 55.2. The van der Waals surface area contributed by atoms with Gasteiger partial charge in [-0.2, -0.15) is 0 Å². The van der Waals surface area contributed by atoms with E-state index in [0.29, 0.717) is 72.0 Å². The molecular weight excluding hydrogens is 1070 g/mol. The largest absolute Gasteiger partial charge is 0.491 e. The lowest BCUT2D eigenvalue weighted by Crippen LogP contribution is -2.59. The summed E-state index contributed by atoms with van der Waals surface area (Å²) in [7, 11) is 1.96. The summed E-state index contributed by atoms with van der Waals surface area (Å²) in [5.41, 5.74) is 2.80. The van der Waals surface area contributed by atoms with Gasteiger partial charge in [0.05, 0.1) is 41.8 Å². The van der Waals surface area contributed by atoms with Crippen molar-refractivity contribution in [3.63, 3.8) is 0 Å². The number of nitro groups is 1. The molecule has 5 aliphatic heterocycles. The highest BCUT2D eigenvalue weighted by molar-refractivity contribution is 6.23. The number of piperazine rings is 1. The number of nitrogens with zero attached hydrogens (tertiary/aromatic N) is 6. The SMILES string of the molecule is CN(CC#Cc1ccc2c(c1)C1(C(=O)N2C(=O)OCc2ccc([N+](=O)[O-])cc2)C(C(=O)N2CCN(Cc3ccc4c(c3)OCO4)CC2)C2C(=O)OC(c3ccccc3)C(c3ccccc3)N2C1c1ccccc1OCCO)Cc1ccccc1. The third-order valence-electron chi connectivity index (χ3n) is 16.4. The molecule has 84 heavy (non-hydrogen) atoms. The number of para-hydroxylation sites is 1. The molecule has 0 aliphatic carbocycles. The number of carbonyl (C=O) groups is 4. The first-order valence-corrected chi connectivity index (χ1v) is 27.9. The van der Waals surface area contributed by atoms with Crippen molar-refractivity contribution in [2.45, 2.75) is 49.3 Å². The van der Waals surface area contributed by atoms with E-state index in [2.05, 4.69) is 21.6 Å². The first-order chi connectivity index (χ1) is 41.0. The molecule has 426 valence electrons. The Balaban J connectivity index is 1.04. The average molecular weight is 1130 g/mol. The Bertz CT molecular complexity index is 3670. The Kier molecular flexibility index (Phi) is 15.7. The van der Waals surface area contributed by atoms with Crippen LogP contribution in [0.4, 0.5) is 16.2 Å². The van der Waals surface area contributed by atoms with E-state index in [1.807, 2.05) is 121 Å². The number of esters is 1. The Labute approximate surface area is 485 Å². The number of imide groups is 1. The standard InChI is InChI=1S/C66H60N6O12/c1-67(40-45-14-5-2-6-15-45)31-13-16-44-25-29-53-52(38-44)66(64(76)70(53)65(77)81-42-46-23-27-50(28-24-46)72(78)79)57(62(74)69-34-32-68(33-35-69)41-47-26-30-55-56(39-47)83-43-82-55)59-63(75)84-60(49-19-9-4-10-20-49)58(48-17-7-3-8-18-48)71(59)61(66)51-21-11-12-22-54(51)80-37-36-73/h2-12,14-15,17-30,38-39,57-61,73H,31-37,40-43H2,1H3. The maximum absolute atomic E-state index is 17.1. The summed E-state index contributed by atoms with van der Waals surface area (Å²) in [5, 5.41) is 21.9. The smallest absolute Gasteiger partial charge is 0.421 e. The zero-order valence-corrected chi connectivity index (χ0v) is 46.0. The van der Waals surface area contributed by atoms with Gasteiger partial charge in [0.15, 0.2) is 11.5 Å². The molecule has 18 heteroatoms. The highest BCUT2D eigenvalue weighted by Gasteiger charge is 2.76. The molecule has 0 bridgehead atoms. The van der Waals surface area contributed by atoms with Crippen molar-refractivity contribution in [3.05, 3.63) is 231 Å². The summed E-state index contributed by atoms with van der Waals surface area (Å²) in [4.78, 5) is 84.9. The van der Waals surface area contributed by atoms with Gasteiger partial charge in [-0.3, -0.25) is 39.2 Å². The van der Waals surface area contributed by atoms with Gasteiger partial charge in [0.1, 0.15) is 36.5 Å². The van der Waals surface area contributed by atoms with Crippen LogP contribution in [0.3, 0.4) is 0 Å². The molecule has 0 radical (unpaired) electrons. The highest BCUT2D eigenvalue weighted by atomic mass is 16.7. The third kappa shape index (κ3) is 10.5. The lowest BCUT2D eigenvalue weighted by atomic mass is 9.64. The molecule has 1 N–H and O–H groups in total. The fourth-order valence-electron chi connectivity index (χ4n) is 12.7. The normalized spacial score (nSPS) is 21.6. The van der Waals surface area contributed by atoms with Crippen molar-refractivity contribution in [2.75, 3.05) is 64.7 Å². The molecule has 6 unspecified atom stereocenters. The number of fused-ring (bicyclic) bond motifs is 4. The Morgan fingerprint density at radius 1 is 0.762 bits per heavy atom. The van der Waals surface area contributed by atoms with Gasteiger partial charge in [-0.05, 0) is 89.0 Å². The van der Waals surface area contributed by atoms with Crippen molar-refractivity contribution < 1.29 is 52.9 Å². The van der Waals surface area contributed by atoms with E-state index >= 15 is 19.2 Å². The quantitative estimate of drug-likeness (QED) is 0.0444. The number of cyclic esters (lactones) is 1. The number of aliphatic hydroxyl groups is 1. The fourth-order valence-corrected chi connectivity index (χ4v) is 12.7. The number of rotatable bonds is 15. The average Bonchev–Trinajstić information content (AvgIpc) is 1.51. The predicted octanol–water partition coefficient (Wildman–Crippen LogP) is 8.52. The van der Waals surface area contributed by atoms with Crippen LogP contribution in [0.2, 0.25) is 0 Å². The van der Waals surface area contributed by atoms with Gasteiger partial charge in [-0.25, -0.2) is 9.69 Å². The van der Waals surface area contributed by atoms with E-state index in [9.17, 15) is 15.2 Å². The zero-order valence-electron chi connectivity index (χ0n) is 46.0. The van der Waals surface area contributed by atoms with Gasteiger partial charge >= 0.3 is 12.1 Å². The van der Waals surface area contributed by atoms with Gasteiger partial charge in [-0.15, -0.1) is 0 Å². The summed E-state index contributed by atoms with van der Waals surface area (Å²) < 4.78 is 30.4. The maximum atomic E-state index is 17.1. The number of morpholine rings is 1. The summed E-state index contributed by atoms with van der Waals surface area (Å²) in [5.74, 6) is 4.56. The molecule has 18 nitrogen and oxygen atoms in total. The van der Waals surface area contributed by atoms with E-state index < -0.39 is 64.4 Å². The van der Waals surface area contributed by atoms with Crippen LogP contribution in [0, 0.1) is 27.9 Å². The maximum Gasteiger partial charge on any atom is 0.421 e. The molecule has 7 aromatic rings. The monoisotopic (exact) mass is 1130 g/mol. The Morgan fingerprint density at radius 3 is 2.17 bits per heavy atom. The van der Waals surface area contributed by atoms with Gasteiger partial charge in [0.2, 0.25) is 18.6 Å². The van der Waals surface area contributed by atoms with Crippen molar-refractivity contribution in [1.29, 1.82) is 0 Å². The minimum absolute atomic E-state index is 0.106. The van der Waals surface area contributed by atoms with Crippen LogP contribution in [0.25, 0.3) is 0 Å². The lowest BCUT2D eigenvalue weighted by Gasteiger charge is -2.46. The summed E-state index contributed by atoms with van der Waals surface area (Å²) in [6.45, 7) is 2.13. The lowest BCUT2D eigenvalue weighted by molar-refractivity contribution is -0.384. The molecule has 7 aromatic carbocycles. The minimum Gasteiger partial charge on any atom is -0.491 e. The van der Waals surface area contributed by atoms with E-state index in [4.69, 9.17) is 23.7 Å². The van der Waals surface area contributed by atoms with E-state index in [-0.39, 0.29) is 62.4 Å². The molecule has 5 aliphatic rings. The fraction of sp³-hybridized carbons (Fsp3) is 0.273. The summed E-state index contributed by atoms with van der Waals surface area (Å²) in [6, 6.07) is 48.7. The number of carbonyl (C=O) groups excluding carboxylic acids is 4. The highest BCUT2D eigenvalue weighted by Crippen LogP contribution is 2.67. The molecule has 3 amide bonds. The van der Waals surface area contributed by atoms with Crippen LogP contribution in [0.5, 0.6) is 17.2 Å². The minimum atomic E-state index is -2.16. The molecule has 3 saturated heterocycles. The van der Waals surface area contributed by atoms with Crippen LogP contribution >= 0.6 is 0 Å². The number of hydrogen-bond acceptors (Lipinski definition) is 15. The van der Waals surface area contributed by atoms with E-state index in [0.717, 1.165) is 16.0 Å². The van der Waals surface area contributed by atoms with Crippen molar-refractivity contribution in [2.24, 2.45) is 5.92 Å². The van der Waals surface area contributed by atoms with Crippen LogP contribution < -0.4 is 19.1 Å². The first-order valence-electron chi connectivity index (χ1n) is 27.9. The van der Waals surface area contributed by atoms with Crippen molar-refractivity contribution >= 4 is 35.3 Å². The van der Waals surface area contributed by atoms with Gasteiger partial charge in [0, 0.05) is 62.5 Å². The second-order valence-electron chi connectivity index (χ2n) is 21.5. The van der Waals surface area contributed by atoms with E-state index in [1.165, 1.54) is 24.3 Å². The summed E-state index contributed by atoms with van der Waals surface area (Å²) >= 11 is 0. The number of ether oxygens (including phenoxy) is 5. The molecule has 5 heterocycles. The number of non-ortho nitro benzene ring substituents is 1. The molecule has 0 saturated carbocycles. The van der Waals surface area contributed by atoms with Gasteiger partial charge in [-0.1, -0.05) is 127 Å². The number of aliphatic hydroxyl groups excluding tert-OH is 1. The molecule has 1 spiro atoms. The topological polar surface area (TPSA) is 194 Å². The molecule has 0 aromatic heterocycles. The van der Waals surface area contributed by atoms with Crippen LogP contribution in [-0.2, 0) is 49.0 Å². The molecule has 3 fully saturated rings.